The molecule has 6 nitrogen and oxygen atoms in total. The number of hydrogen-bond donors (Lipinski definition) is 2. The van der Waals surface area contributed by atoms with E-state index in [4.69, 9.17) is 4.74 Å². The molecule has 0 amide bonds. The van der Waals surface area contributed by atoms with Crippen molar-refractivity contribution in [3.8, 4) is 5.75 Å². The fourth-order valence-electron chi connectivity index (χ4n) is 3.82. The maximum atomic E-state index is 12.9. The molecule has 0 fully saturated rings. The fourth-order valence-corrected chi connectivity index (χ4v) is 3.82. The molecule has 0 spiro atoms. The molecular weight excluding hydrogens is 376 g/mol. The van der Waals surface area contributed by atoms with Crippen molar-refractivity contribution in [1.82, 2.24) is 9.97 Å². The van der Waals surface area contributed by atoms with Crippen molar-refractivity contribution < 1.29 is 9.53 Å². The van der Waals surface area contributed by atoms with E-state index in [9.17, 15) is 4.79 Å². The van der Waals surface area contributed by atoms with Crippen LogP contribution in [0.25, 0.3) is 0 Å². The Hall–Kier alpha value is -3.41. The van der Waals surface area contributed by atoms with Crippen LogP contribution in [-0.4, -0.2) is 22.9 Å². The van der Waals surface area contributed by atoms with E-state index in [1.54, 1.807) is 7.11 Å². The standard InChI is InChI=1S/C24H26N4O2/c1-4-16-8-5-6-11-19(16)26-23-22-20(12-15(2)13-21(22)29)27-24(28-23)25-17-9-7-10-18(14-17)30-3/h5-11,14-15H,4,12-13H2,1-3H3,(H2,25,26,27,28). The maximum absolute atomic E-state index is 12.9. The van der Waals surface area contributed by atoms with Gasteiger partial charge in [0, 0.05) is 23.9 Å². The van der Waals surface area contributed by atoms with Gasteiger partial charge in [-0.1, -0.05) is 38.1 Å². The molecule has 1 aromatic heterocycles. The lowest BCUT2D eigenvalue weighted by Crippen LogP contribution is -2.22. The monoisotopic (exact) mass is 402 g/mol. The molecule has 154 valence electrons. The number of nitrogens with one attached hydrogen (secondary N) is 2. The van der Waals surface area contributed by atoms with Crippen LogP contribution >= 0.6 is 0 Å². The van der Waals surface area contributed by atoms with E-state index in [1.807, 2.05) is 42.5 Å². The molecule has 0 radical (unpaired) electrons. The van der Waals surface area contributed by atoms with E-state index in [1.165, 1.54) is 5.56 Å². The smallest absolute Gasteiger partial charge is 0.229 e. The molecule has 3 aromatic rings. The molecule has 6 heteroatoms. The molecule has 2 N–H and O–H groups in total. The number of carbonyl (C=O) groups is 1. The average molecular weight is 402 g/mol. The van der Waals surface area contributed by atoms with Crippen molar-refractivity contribution in [3.63, 3.8) is 0 Å². The largest absolute Gasteiger partial charge is 0.497 e. The number of fused-ring (bicyclic) bond motifs is 1. The summed E-state index contributed by atoms with van der Waals surface area (Å²) in [7, 11) is 1.63. The highest BCUT2D eigenvalue weighted by molar-refractivity contribution is 6.03. The third-order valence-corrected chi connectivity index (χ3v) is 5.32. The van der Waals surface area contributed by atoms with Crippen LogP contribution in [0.15, 0.2) is 48.5 Å². The first-order chi connectivity index (χ1) is 14.6. The van der Waals surface area contributed by atoms with Gasteiger partial charge in [-0.15, -0.1) is 0 Å². The molecule has 1 unspecified atom stereocenters. The molecule has 0 saturated heterocycles. The van der Waals surface area contributed by atoms with Gasteiger partial charge in [-0.3, -0.25) is 4.79 Å². The third kappa shape index (κ3) is 4.13. The molecule has 1 aliphatic carbocycles. The molecule has 0 bridgehead atoms. The molecule has 0 saturated carbocycles. The number of hydrogen-bond acceptors (Lipinski definition) is 6. The predicted octanol–water partition coefficient (Wildman–Crippen LogP) is 5.30. The number of methoxy groups -OCH3 is 1. The normalized spacial score (nSPS) is 15.4. The number of nitrogens with zero attached hydrogens (tertiary/aromatic N) is 2. The van der Waals surface area contributed by atoms with Crippen LogP contribution in [0, 0.1) is 5.92 Å². The van der Waals surface area contributed by atoms with E-state index in [0.717, 1.165) is 35.7 Å². The Morgan fingerprint density at radius 1 is 1.07 bits per heavy atom. The maximum Gasteiger partial charge on any atom is 0.229 e. The zero-order chi connectivity index (χ0) is 21.1. The van der Waals surface area contributed by atoms with Crippen molar-refractivity contribution in [3.05, 3.63) is 65.4 Å². The lowest BCUT2D eigenvalue weighted by atomic mass is 9.87. The highest BCUT2D eigenvalue weighted by Crippen LogP contribution is 2.33. The number of carbonyl (C=O) groups excluding carboxylic acids is 1. The van der Waals surface area contributed by atoms with Gasteiger partial charge in [0.05, 0.1) is 18.4 Å². The number of anilines is 4. The summed E-state index contributed by atoms with van der Waals surface area (Å²) in [6.07, 6.45) is 2.15. The van der Waals surface area contributed by atoms with Crippen LogP contribution in [0.4, 0.5) is 23.1 Å². The van der Waals surface area contributed by atoms with Crippen molar-refractivity contribution in [2.45, 2.75) is 33.1 Å². The van der Waals surface area contributed by atoms with Crippen LogP contribution in [0.2, 0.25) is 0 Å². The summed E-state index contributed by atoms with van der Waals surface area (Å²) in [6, 6.07) is 15.7. The molecular formula is C24H26N4O2. The summed E-state index contributed by atoms with van der Waals surface area (Å²) in [6.45, 7) is 4.19. The Morgan fingerprint density at radius 2 is 1.90 bits per heavy atom. The second-order valence-electron chi connectivity index (χ2n) is 7.65. The van der Waals surface area contributed by atoms with Crippen LogP contribution in [0.5, 0.6) is 5.75 Å². The van der Waals surface area contributed by atoms with E-state index >= 15 is 0 Å². The molecule has 30 heavy (non-hydrogen) atoms. The van der Waals surface area contributed by atoms with Crippen LogP contribution in [-0.2, 0) is 12.8 Å². The Labute approximate surface area is 176 Å². The topological polar surface area (TPSA) is 76.1 Å². The van der Waals surface area contributed by atoms with Crippen molar-refractivity contribution in [2.24, 2.45) is 5.92 Å². The fraction of sp³-hybridized carbons (Fsp3) is 0.292. The minimum Gasteiger partial charge on any atom is -0.497 e. The zero-order valence-corrected chi connectivity index (χ0v) is 17.5. The van der Waals surface area contributed by atoms with Crippen LogP contribution < -0.4 is 15.4 Å². The third-order valence-electron chi connectivity index (χ3n) is 5.32. The van der Waals surface area contributed by atoms with Gasteiger partial charge < -0.3 is 15.4 Å². The summed E-state index contributed by atoms with van der Waals surface area (Å²) in [5, 5.41) is 6.67. The van der Waals surface area contributed by atoms with Crippen LogP contribution in [0.1, 0.15) is 41.9 Å². The second kappa shape index (κ2) is 8.53. The van der Waals surface area contributed by atoms with Gasteiger partial charge in [-0.25, -0.2) is 4.98 Å². The van der Waals surface area contributed by atoms with Gasteiger partial charge in [-0.2, -0.15) is 4.98 Å². The Balaban J connectivity index is 1.76. The van der Waals surface area contributed by atoms with Crippen molar-refractivity contribution in [1.29, 1.82) is 0 Å². The van der Waals surface area contributed by atoms with Gasteiger partial charge in [0.15, 0.2) is 5.78 Å². The van der Waals surface area contributed by atoms with Gasteiger partial charge in [0.2, 0.25) is 5.95 Å². The first kappa shape index (κ1) is 19.9. The predicted molar refractivity (Wildman–Crippen MR) is 119 cm³/mol. The lowest BCUT2D eigenvalue weighted by molar-refractivity contribution is 0.0953. The molecule has 0 aliphatic heterocycles. The van der Waals surface area contributed by atoms with E-state index in [0.29, 0.717) is 23.8 Å². The first-order valence-electron chi connectivity index (χ1n) is 10.3. The first-order valence-corrected chi connectivity index (χ1v) is 10.3. The number of aromatic nitrogens is 2. The number of benzene rings is 2. The summed E-state index contributed by atoms with van der Waals surface area (Å²) in [4.78, 5) is 22.2. The number of ketones is 1. The van der Waals surface area contributed by atoms with Crippen molar-refractivity contribution in [2.75, 3.05) is 17.7 Å². The molecule has 1 atom stereocenters. The van der Waals surface area contributed by atoms with Gasteiger partial charge in [0.25, 0.3) is 0 Å². The highest BCUT2D eigenvalue weighted by atomic mass is 16.5. The number of aryl methyl sites for hydroxylation is 1. The van der Waals surface area contributed by atoms with Gasteiger partial charge in [-0.05, 0) is 42.5 Å². The summed E-state index contributed by atoms with van der Waals surface area (Å²) >= 11 is 0. The molecule has 4 rings (SSSR count). The van der Waals surface area contributed by atoms with Crippen LogP contribution in [0.3, 0.4) is 0 Å². The van der Waals surface area contributed by atoms with E-state index in [-0.39, 0.29) is 11.7 Å². The number of Topliss-reactive ketones (excluding diaryl/α,β-unsaturated/α-hetero) is 1. The van der Waals surface area contributed by atoms with Crippen molar-refractivity contribution >= 4 is 28.9 Å². The number of ether oxygens (including phenoxy) is 1. The highest BCUT2D eigenvalue weighted by Gasteiger charge is 2.28. The molecule has 1 heterocycles. The Morgan fingerprint density at radius 3 is 2.70 bits per heavy atom. The molecule has 2 aromatic carbocycles. The SMILES string of the molecule is CCc1ccccc1Nc1nc(Nc2cccc(OC)c2)nc2c1C(=O)CC(C)C2. The minimum atomic E-state index is 0.0909. The summed E-state index contributed by atoms with van der Waals surface area (Å²) in [5.74, 6) is 2.12. The number of rotatable bonds is 6. The zero-order valence-electron chi connectivity index (χ0n) is 17.5. The summed E-state index contributed by atoms with van der Waals surface area (Å²) in [5.41, 5.74) is 4.35. The van der Waals surface area contributed by atoms with Gasteiger partial charge >= 0.3 is 0 Å². The lowest BCUT2D eigenvalue weighted by Gasteiger charge is -2.23. The second-order valence-corrected chi connectivity index (χ2v) is 7.65. The Bertz CT molecular complexity index is 1080. The van der Waals surface area contributed by atoms with E-state index in [2.05, 4.69) is 40.5 Å². The Kier molecular flexibility index (Phi) is 5.65. The number of para-hydroxylation sites is 1. The van der Waals surface area contributed by atoms with E-state index < -0.39 is 0 Å². The minimum absolute atomic E-state index is 0.0909. The quantitative estimate of drug-likeness (QED) is 0.583. The molecule has 1 aliphatic rings. The van der Waals surface area contributed by atoms with Gasteiger partial charge in [0.1, 0.15) is 11.6 Å². The summed E-state index contributed by atoms with van der Waals surface area (Å²) < 4.78 is 5.30. The average Bonchev–Trinajstić information content (AvgIpc) is 2.73.